The van der Waals surface area contributed by atoms with E-state index in [0.29, 0.717) is 17.1 Å². The van der Waals surface area contributed by atoms with Crippen molar-refractivity contribution in [2.45, 2.75) is 31.3 Å². The number of thiazole rings is 1. The first-order valence-corrected chi connectivity index (χ1v) is 8.51. The fourth-order valence-electron chi connectivity index (χ4n) is 1.70. The van der Waals surface area contributed by atoms with Crippen molar-refractivity contribution in [3.8, 4) is 0 Å². The molecule has 1 aromatic heterocycles. The van der Waals surface area contributed by atoms with Crippen LogP contribution in [0.2, 0.25) is 0 Å². The number of rotatable bonds is 5. The smallest absolute Gasteiger partial charge is 0.263 e. The molecule has 0 aliphatic heterocycles. The van der Waals surface area contributed by atoms with Crippen LogP contribution in [0.5, 0.6) is 0 Å². The van der Waals surface area contributed by atoms with E-state index >= 15 is 0 Å². The number of hydrogen-bond donors (Lipinski definition) is 2. The first-order chi connectivity index (χ1) is 9.42. The summed E-state index contributed by atoms with van der Waals surface area (Å²) in [5.74, 6) is 0. The molecule has 1 unspecified atom stereocenters. The summed E-state index contributed by atoms with van der Waals surface area (Å²) in [7, 11) is -3.68. The Morgan fingerprint density at radius 2 is 2.20 bits per heavy atom. The van der Waals surface area contributed by atoms with Gasteiger partial charge in [0.1, 0.15) is 0 Å². The van der Waals surface area contributed by atoms with Gasteiger partial charge in [-0.2, -0.15) is 0 Å². The van der Waals surface area contributed by atoms with Crippen molar-refractivity contribution >= 4 is 26.5 Å². The standard InChI is InChI=1S/C13H16N2O3S2/c1-3-12(16)10-5-4-6-11(7-10)20(17,18)15-13-14-9(2)8-19-13/h4-8,12,16H,3H2,1-2H3,(H,14,15). The molecule has 2 N–H and O–H groups in total. The molecule has 7 heteroatoms. The molecule has 0 bridgehead atoms. The van der Waals surface area contributed by atoms with Crippen LogP contribution in [0, 0.1) is 6.92 Å². The van der Waals surface area contributed by atoms with Gasteiger partial charge in [-0.25, -0.2) is 13.4 Å². The molecule has 108 valence electrons. The molecule has 1 aromatic carbocycles. The number of nitrogens with one attached hydrogen (secondary N) is 1. The molecule has 0 spiro atoms. The highest BCUT2D eigenvalue weighted by Gasteiger charge is 2.17. The van der Waals surface area contributed by atoms with E-state index in [1.807, 2.05) is 6.92 Å². The first kappa shape index (κ1) is 15.0. The van der Waals surface area contributed by atoms with Crippen molar-refractivity contribution in [1.29, 1.82) is 0 Å². The van der Waals surface area contributed by atoms with E-state index in [2.05, 4.69) is 9.71 Å². The molecular weight excluding hydrogens is 296 g/mol. The third-order valence-electron chi connectivity index (χ3n) is 2.78. The fourth-order valence-corrected chi connectivity index (χ4v) is 3.69. The summed E-state index contributed by atoms with van der Waals surface area (Å²) >= 11 is 1.24. The quantitative estimate of drug-likeness (QED) is 0.889. The Morgan fingerprint density at radius 3 is 2.80 bits per heavy atom. The zero-order chi connectivity index (χ0) is 14.8. The lowest BCUT2D eigenvalue weighted by Gasteiger charge is -2.10. The lowest BCUT2D eigenvalue weighted by Crippen LogP contribution is -2.13. The maximum Gasteiger partial charge on any atom is 0.263 e. The molecule has 0 saturated carbocycles. The number of hydrogen-bond acceptors (Lipinski definition) is 5. The van der Waals surface area contributed by atoms with Crippen molar-refractivity contribution in [2.75, 3.05) is 4.72 Å². The van der Waals surface area contributed by atoms with Gasteiger partial charge in [0.05, 0.1) is 16.7 Å². The minimum absolute atomic E-state index is 0.121. The van der Waals surface area contributed by atoms with Crippen LogP contribution in [-0.2, 0) is 10.0 Å². The van der Waals surface area contributed by atoms with Crippen molar-refractivity contribution < 1.29 is 13.5 Å². The van der Waals surface area contributed by atoms with Crippen molar-refractivity contribution in [3.05, 3.63) is 40.9 Å². The molecule has 2 aromatic rings. The van der Waals surface area contributed by atoms with Gasteiger partial charge in [-0.05, 0) is 31.0 Å². The molecule has 20 heavy (non-hydrogen) atoms. The molecule has 2 rings (SSSR count). The van der Waals surface area contributed by atoms with E-state index in [0.717, 1.165) is 5.69 Å². The van der Waals surface area contributed by atoms with Crippen molar-refractivity contribution in [3.63, 3.8) is 0 Å². The van der Waals surface area contributed by atoms with Crippen LogP contribution in [0.25, 0.3) is 0 Å². The maximum atomic E-state index is 12.2. The van der Waals surface area contributed by atoms with Gasteiger partial charge >= 0.3 is 0 Å². The summed E-state index contributed by atoms with van der Waals surface area (Å²) in [5.41, 5.74) is 1.36. The highest BCUT2D eigenvalue weighted by Crippen LogP contribution is 2.23. The highest BCUT2D eigenvalue weighted by molar-refractivity contribution is 7.93. The van der Waals surface area contributed by atoms with Gasteiger partial charge in [0.2, 0.25) is 0 Å². The Morgan fingerprint density at radius 1 is 1.45 bits per heavy atom. The van der Waals surface area contributed by atoms with Crippen LogP contribution in [0.4, 0.5) is 5.13 Å². The molecule has 1 heterocycles. The Hall–Kier alpha value is -1.44. The van der Waals surface area contributed by atoms with E-state index in [1.54, 1.807) is 24.4 Å². The summed E-state index contributed by atoms with van der Waals surface area (Å²) in [5, 5.41) is 11.9. The van der Waals surface area contributed by atoms with Gasteiger partial charge in [0.15, 0.2) is 5.13 Å². The normalized spacial score (nSPS) is 13.2. The molecule has 1 atom stereocenters. The first-order valence-electron chi connectivity index (χ1n) is 6.15. The van der Waals surface area contributed by atoms with Crippen LogP contribution < -0.4 is 4.72 Å². The largest absolute Gasteiger partial charge is 0.388 e. The van der Waals surface area contributed by atoms with Crippen LogP contribution in [0.3, 0.4) is 0 Å². The van der Waals surface area contributed by atoms with Crippen molar-refractivity contribution in [1.82, 2.24) is 4.98 Å². The van der Waals surface area contributed by atoms with Crippen LogP contribution >= 0.6 is 11.3 Å². The second kappa shape index (κ2) is 5.90. The number of aryl methyl sites for hydroxylation is 1. The Labute approximate surface area is 122 Å². The third-order valence-corrected chi connectivity index (χ3v) is 5.12. The molecule has 0 amide bonds. The van der Waals surface area contributed by atoms with Gasteiger partial charge < -0.3 is 5.11 Å². The van der Waals surface area contributed by atoms with Crippen LogP contribution in [0.1, 0.15) is 30.7 Å². The average Bonchev–Trinajstić information content (AvgIpc) is 2.82. The lowest BCUT2D eigenvalue weighted by molar-refractivity contribution is 0.173. The Balaban J connectivity index is 2.29. The second-order valence-corrected chi connectivity index (χ2v) is 6.94. The van der Waals surface area contributed by atoms with E-state index in [4.69, 9.17) is 0 Å². The summed E-state index contributed by atoms with van der Waals surface area (Å²) in [6.45, 7) is 3.63. The highest BCUT2D eigenvalue weighted by atomic mass is 32.2. The third kappa shape index (κ3) is 3.36. The number of aliphatic hydroxyl groups is 1. The summed E-state index contributed by atoms with van der Waals surface area (Å²) < 4.78 is 26.9. The number of sulfonamides is 1. The fraction of sp³-hybridized carbons (Fsp3) is 0.308. The van der Waals surface area contributed by atoms with Gasteiger partial charge in [-0.3, -0.25) is 4.72 Å². The van der Waals surface area contributed by atoms with Crippen LogP contribution in [-0.4, -0.2) is 18.5 Å². The summed E-state index contributed by atoms with van der Waals surface area (Å²) in [6.07, 6.45) is -0.130. The molecule has 0 radical (unpaired) electrons. The molecule has 0 saturated heterocycles. The van der Waals surface area contributed by atoms with E-state index < -0.39 is 16.1 Å². The number of aromatic nitrogens is 1. The predicted octanol–water partition coefficient (Wildman–Crippen LogP) is 2.70. The number of nitrogens with zero attached hydrogens (tertiary/aromatic N) is 1. The average molecular weight is 312 g/mol. The minimum Gasteiger partial charge on any atom is -0.388 e. The summed E-state index contributed by atoms with van der Waals surface area (Å²) in [6, 6.07) is 6.31. The Kier molecular flexibility index (Phi) is 4.42. The number of anilines is 1. The second-order valence-electron chi connectivity index (χ2n) is 4.40. The Bertz CT molecular complexity index is 695. The molecular formula is C13H16N2O3S2. The maximum absolute atomic E-state index is 12.2. The van der Waals surface area contributed by atoms with Gasteiger partial charge in [0.25, 0.3) is 10.0 Å². The minimum atomic E-state index is -3.68. The van der Waals surface area contributed by atoms with Gasteiger partial charge in [0, 0.05) is 5.38 Å². The van der Waals surface area contributed by atoms with E-state index in [9.17, 15) is 13.5 Å². The van der Waals surface area contributed by atoms with E-state index in [-0.39, 0.29) is 4.90 Å². The summed E-state index contributed by atoms with van der Waals surface area (Å²) in [4.78, 5) is 4.19. The molecule has 0 aliphatic carbocycles. The predicted molar refractivity (Wildman–Crippen MR) is 79.4 cm³/mol. The topological polar surface area (TPSA) is 79.3 Å². The molecule has 5 nitrogen and oxygen atoms in total. The monoisotopic (exact) mass is 312 g/mol. The van der Waals surface area contributed by atoms with Crippen molar-refractivity contribution in [2.24, 2.45) is 0 Å². The SMILES string of the molecule is CCC(O)c1cccc(S(=O)(=O)Nc2nc(C)cs2)c1. The van der Waals surface area contributed by atoms with Gasteiger partial charge in [-0.15, -0.1) is 11.3 Å². The zero-order valence-electron chi connectivity index (χ0n) is 11.2. The number of benzene rings is 1. The number of aliphatic hydroxyl groups excluding tert-OH is 1. The van der Waals surface area contributed by atoms with Crippen LogP contribution in [0.15, 0.2) is 34.5 Å². The molecule has 0 fully saturated rings. The zero-order valence-corrected chi connectivity index (χ0v) is 12.8. The lowest BCUT2D eigenvalue weighted by atomic mass is 10.1. The van der Waals surface area contributed by atoms with E-state index in [1.165, 1.54) is 23.5 Å². The molecule has 0 aliphatic rings. The van der Waals surface area contributed by atoms with Gasteiger partial charge in [-0.1, -0.05) is 19.1 Å².